The molecule has 1 heterocycles. The first-order chi connectivity index (χ1) is 8.39. The molecule has 1 N–H and O–H groups in total. The molecule has 1 atom stereocenters. The molecule has 18 heavy (non-hydrogen) atoms. The zero-order valence-corrected chi connectivity index (χ0v) is 11.0. The van der Waals surface area contributed by atoms with Crippen LogP contribution in [0.1, 0.15) is 18.6 Å². The van der Waals surface area contributed by atoms with E-state index in [4.69, 9.17) is 0 Å². The van der Waals surface area contributed by atoms with E-state index in [1.54, 1.807) is 13.0 Å². The summed E-state index contributed by atoms with van der Waals surface area (Å²) in [4.78, 5) is 1.88. The van der Waals surface area contributed by atoms with Crippen LogP contribution in [0.15, 0.2) is 18.2 Å². The summed E-state index contributed by atoms with van der Waals surface area (Å²) in [5.74, 6) is -0.202. The molecule has 0 aliphatic carbocycles. The Bertz CT molecular complexity index is 528. The summed E-state index contributed by atoms with van der Waals surface area (Å²) in [6.07, 6.45) is -0.783. The van der Waals surface area contributed by atoms with Gasteiger partial charge in [-0.25, -0.2) is 12.8 Å². The van der Waals surface area contributed by atoms with E-state index in [-0.39, 0.29) is 11.5 Å². The predicted octanol–water partition coefficient (Wildman–Crippen LogP) is 1.11. The lowest BCUT2D eigenvalue weighted by Gasteiger charge is -2.31. The van der Waals surface area contributed by atoms with Crippen LogP contribution in [0.3, 0.4) is 0 Å². The van der Waals surface area contributed by atoms with E-state index in [9.17, 15) is 17.9 Å². The van der Waals surface area contributed by atoms with Crippen LogP contribution in [0.2, 0.25) is 0 Å². The summed E-state index contributed by atoms with van der Waals surface area (Å²) in [7, 11) is -2.94. The van der Waals surface area contributed by atoms with Crippen LogP contribution in [0.4, 0.5) is 10.1 Å². The zero-order valence-electron chi connectivity index (χ0n) is 10.1. The van der Waals surface area contributed by atoms with Crippen molar-refractivity contribution in [3.8, 4) is 0 Å². The zero-order chi connectivity index (χ0) is 13.3. The van der Waals surface area contributed by atoms with Crippen molar-refractivity contribution in [2.24, 2.45) is 0 Å². The van der Waals surface area contributed by atoms with Gasteiger partial charge >= 0.3 is 0 Å². The van der Waals surface area contributed by atoms with E-state index in [0.717, 1.165) is 0 Å². The maximum Gasteiger partial charge on any atom is 0.153 e. The van der Waals surface area contributed by atoms with Gasteiger partial charge in [0, 0.05) is 24.3 Å². The van der Waals surface area contributed by atoms with E-state index in [0.29, 0.717) is 24.3 Å². The fourth-order valence-electron chi connectivity index (χ4n) is 2.10. The molecule has 2 rings (SSSR count). The molecule has 0 amide bonds. The van der Waals surface area contributed by atoms with Crippen molar-refractivity contribution in [3.63, 3.8) is 0 Å². The number of benzene rings is 1. The molecule has 6 heteroatoms. The number of halogens is 1. The second-order valence-corrected chi connectivity index (χ2v) is 6.82. The lowest BCUT2D eigenvalue weighted by molar-refractivity contribution is 0.199. The third kappa shape index (κ3) is 2.81. The van der Waals surface area contributed by atoms with Gasteiger partial charge in [-0.15, -0.1) is 0 Å². The molecule has 1 aliphatic rings. The van der Waals surface area contributed by atoms with Crippen LogP contribution >= 0.6 is 0 Å². The van der Waals surface area contributed by atoms with Gasteiger partial charge in [0.05, 0.1) is 17.6 Å². The average molecular weight is 273 g/mol. The van der Waals surface area contributed by atoms with Crippen molar-refractivity contribution in [1.29, 1.82) is 0 Å². The number of aliphatic hydroxyl groups is 1. The van der Waals surface area contributed by atoms with E-state index in [2.05, 4.69) is 0 Å². The summed E-state index contributed by atoms with van der Waals surface area (Å²) in [6.45, 7) is 2.33. The highest BCUT2D eigenvalue weighted by Crippen LogP contribution is 2.28. The molecule has 4 nitrogen and oxygen atoms in total. The molecule has 0 bridgehead atoms. The molecule has 0 aromatic heterocycles. The second kappa shape index (κ2) is 4.85. The van der Waals surface area contributed by atoms with Gasteiger partial charge in [0.2, 0.25) is 0 Å². The Hall–Kier alpha value is -1.14. The minimum Gasteiger partial charge on any atom is -0.389 e. The fraction of sp³-hybridized carbons (Fsp3) is 0.500. The number of hydrogen-bond acceptors (Lipinski definition) is 4. The third-order valence-electron chi connectivity index (χ3n) is 3.12. The molecule has 0 saturated carbocycles. The summed E-state index contributed by atoms with van der Waals surface area (Å²) in [5.41, 5.74) is 1.20. The second-order valence-electron chi connectivity index (χ2n) is 4.52. The van der Waals surface area contributed by atoms with Gasteiger partial charge in [0.25, 0.3) is 0 Å². The molecule has 1 aliphatic heterocycles. The standard InChI is InChI=1S/C12H16FNO3S/c1-9(15)11-8-10(13)2-3-12(11)14-4-6-18(16,17)7-5-14/h2-3,8-9,15H,4-7H2,1H3/t9-/m0/s1. The van der Waals surface area contributed by atoms with Crippen LogP contribution < -0.4 is 4.90 Å². The molecule has 100 valence electrons. The van der Waals surface area contributed by atoms with E-state index in [1.165, 1.54) is 12.1 Å². The highest BCUT2D eigenvalue weighted by atomic mass is 32.2. The largest absolute Gasteiger partial charge is 0.389 e. The Kier molecular flexibility index (Phi) is 3.59. The topological polar surface area (TPSA) is 57.6 Å². The lowest BCUT2D eigenvalue weighted by Crippen LogP contribution is -2.40. The van der Waals surface area contributed by atoms with Crippen LogP contribution in [-0.4, -0.2) is 38.1 Å². The van der Waals surface area contributed by atoms with Crippen LogP contribution in [-0.2, 0) is 9.84 Å². The van der Waals surface area contributed by atoms with Crippen LogP contribution in [0.5, 0.6) is 0 Å². The van der Waals surface area contributed by atoms with Crippen molar-refractivity contribution in [2.75, 3.05) is 29.5 Å². The average Bonchev–Trinajstić information content (AvgIpc) is 2.29. The van der Waals surface area contributed by atoms with Gasteiger partial charge in [0.15, 0.2) is 9.84 Å². The van der Waals surface area contributed by atoms with Crippen LogP contribution in [0.25, 0.3) is 0 Å². The first-order valence-corrected chi connectivity index (χ1v) is 7.64. The molecule has 1 saturated heterocycles. The Morgan fingerprint density at radius 1 is 1.33 bits per heavy atom. The molecule has 0 radical (unpaired) electrons. The predicted molar refractivity (Wildman–Crippen MR) is 67.9 cm³/mol. The molecular formula is C12H16FNO3S. The maximum atomic E-state index is 13.2. The van der Waals surface area contributed by atoms with Crippen molar-refractivity contribution < 1.29 is 17.9 Å². The van der Waals surface area contributed by atoms with E-state index >= 15 is 0 Å². The Morgan fingerprint density at radius 3 is 2.50 bits per heavy atom. The summed E-state index contributed by atoms with van der Waals surface area (Å²) in [6, 6.07) is 4.21. The van der Waals surface area contributed by atoms with Crippen molar-refractivity contribution in [1.82, 2.24) is 0 Å². The highest BCUT2D eigenvalue weighted by Gasteiger charge is 2.24. The molecular weight excluding hydrogens is 257 g/mol. The van der Waals surface area contributed by atoms with Gasteiger partial charge in [-0.2, -0.15) is 0 Å². The normalized spacial score (nSPS) is 20.7. The number of hydrogen-bond donors (Lipinski definition) is 1. The summed E-state index contributed by atoms with van der Waals surface area (Å²) >= 11 is 0. The molecule has 0 spiro atoms. The minimum absolute atomic E-state index is 0.101. The van der Waals surface area contributed by atoms with Gasteiger partial charge < -0.3 is 10.0 Å². The van der Waals surface area contributed by atoms with Crippen molar-refractivity contribution >= 4 is 15.5 Å². The van der Waals surface area contributed by atoms with Crippen molar-refractivity contribution in [2.45, 2.75) is 13.0 Å². The van der Waals surface area contributed by atoms with Crippen LogP contribution in [0, 0.1) is 5.82 Å². The molecule has 1 fully saturated rings. The number of anilines is 1. The summed E-state index contributed by atoms with van der Waals surface area (Å²) < 4.78 is 35.9. The number of aliphatic hydroxyl groups excluding tert-OH is 1. The minimum atomic E-state index is -2.94. The van der Waals surface area contributed by atoms with Crippen molar-refractivity contribution in [3.05, 3.63) is 29.6 Å². The van der Waals surface area contributed by atoms with Gasteiger partial charge in [-0.05, 0) is 25.1 Å². The smallest absolute Gasteiger partial charge is 0.153 e. The number of rotatable bonds is 2. The number of nitrogens with zero attached hydrogens (tertiary/aromatic N) is 1. The lowest BCUT2D eigenvalue weighted by atomic mass is 10.1. The van der Waals surface area contributed by atoms with E-state index < -0.39 is 21.8 Å². The monoisotopic (exact) mass is 273 g/mol. The molecule has 1 aromatic rings. The Balaban J connectivity index is 2.29. The maximum absolute atomic E-state index is 13.2. The first kappa shape index (κ1) is 13.3. The fourth-order valence-corrected chi connectivity index (χ4v) is 3.30. The molecule has 1 aromatic carbocycles. The Labute approximate surface area is 106 Å². The van der Waals surface area contributed by atoms with Gasteiger partial charge in [-0.1, -0.05) is 0 Å². The number of sulfone groups is 1. The van der Waals surface area contributed by atoms with Gasteiger partial charge in [0.1, 0.15) is 5.82 Å². The Morgan fingerprint density at radius 2 is 1.94 bits per heavy atom. The third-order valence-corrected chi connectivity index (χ3v) is 4.73. The first-order valence-electron chi connectivity index (χ1n) is 5.82. The highest BCUT2D eigenvalue weighted by molar-refractivity contribution is 7.91. The SMILES string of the molecule is C[C@H](O)c1cc(F)ccc1N1CCS(=O)(=O)CC1. The molecule has 0 unspecified atom stereocenters. The van der Waals surface area contributed by atoms with E-state index in [1.807, 2.05) is 4.90 Å². The van der Waals surface area contributed by atoms with Gasteiger partial charge in [-0.3, -0.25) is 0 Å². The summed E-state index contributed by atoms with van der Waals surface area (Å²) in [5, 5.41) is 9.65. The quantitative estimate of drug-likeness (QED) is 0.877.